The number of benzene rings is 2. The van der Waals surface area contributed by atoms with Gasteiger partial charge in [0.2, 0.25) is 23.6 Å². The Labute approximate surface area is 613 Å². The number of carbonyl (C=O) groups excluding carboxylic acids is 7. The average molecular weight is 1500 g/mol. The monoisotopic (exact) mass is 1500 g/mol. The summed E-state index contributed by atoms with van der Waals surface area (Å²) in [4.78, 5) is 120. The van der Waals surface area contributed by atoms with Crippen molar-refractivity contribution in [3.8, 4) is 23.0 Å². The fourth-order valence-electron chi connectivity index (χ4n) is 13.6. The van der Waals surface area contributed by atoms with Gasteiger partial charge in [-0.05, 0) is 113 Å². The quantitative estimate of drug-likeness (QED) is 0.0428. The van der Waals surface area contributed by atoms with Gasteiger partial charge in [-0.3, -0.25) is 33.9 Å². The highest BCUT2D eigenvalue weighted by Crippen LogP contribution is 2.47. The van der Waals surface area contributed by atoms with E-state index in [-0.39, 0.29) is 51.0 Å². The standard InChI is InChI=1S/C36H50N6O9S.C34H44N4O8.C2H8N2O2S/c1-9-22-19-36(22,33(45)40-52(47,48)41(6)7)39-31(43)26-17-24(50-28-18-27(49-8)21(2)29-25(28)15-12-16-37-29)20-42(26)32(44)30(35(3,4)5)38-34(46)51-23-13-10-11-14-23;1-7-20-17-34(20,31(41)42)37-29(39)24-15-22(45-26-16-25(44-6)19(2)27-23(26)13-10-14-35-27)18-38(24)30(40)28(33(3,4)5)36-32(43)46-21-11-8-9-12-21;1-4(2)7(3,5)6/h9,12,15-16,18,22-24,26,30H,1,10-11,13-14,17,19-20H2,2-8H3,(H,38,46)(H,39,43)(H,40,45);7,10,13-14,16,20-22,24,28H,1,8-9,11-12,15,17-18H2,2-6H3,(H,36,43)(H,37,39)(H,41,42);1-2H3,(H2,3,5,6)/t22?,24-,26+,30-,36-;20?,22-,24+,28-,34-;/m11./s1. The maximum absolute atomic E-state index is 14.5. The summed E-state index contributed by atoms with van der Waals surface area (Å²) in [6.45, 7) is 22.1. The Kier molecular flexibility index (Phi) is 25.6. The van der Waals surface area contributed by atoms with Crippen LogP contribution in [0.2, 0.25) is 0 Å². The van der Waals surface area contributed by atoms with Crippen LogP contribution in [0.5, 0.6) is 23.0 Å². The molecule has 31 nitrogen and oxygen atoms in total. The van der Waals surface area contributed by atoms with Crippen molar-refractivity contribution in [1.82, 2.24) is 54.4 Å². The lowest BCUT2D eigenvalue weighted by Crippen LogP contribution is -2.60. The van der Waals surface area contributed by atoms with Crippen molar-refractivity contribution >= 4 is 89.9 Å². The smallest absolute Gasteiger partial charge is 0.408 e. The molecule has 6 fully saturated rings. The molecule has 576 valence electrons. The molecule has 2 aromatic heterocycles. The molecule has 6 aliphatic rings. The molecule has 4 aromatic rings. The summed E-state index contributed by atoms with van der Waals surface area (Å²) in [6, 6.07) is 6.45. The zero-order valence-electron chi connectivity index (χ0n) is 62.2. The number of fused-ring (bicyclic) bond motifs is 2. The van der Waals surface area contributed by atoms with Crippen molar-refractivity contribution < 1.29 is 88.7 Å². The fraction of sp³-hybridized carbons (Fsp3) is 0.583. The van der Waals surface area contributed by atoms with E-state index in [4.69, 9.17) is 28.4 Å². The number of pyridine rings is 2. The molecule has 10 atom stereocenters. The maximum atomic E-state index is 14.5. The van der Waals surface area contributed by atoms with Crippen LogP contribution >= 0.6 is 0 Å². The van der Waals surface area contributed by atoms with E-state index in [2.05, 4.69) is 49.5 Å². The number of carboxylic acids is 1. The summed E-state index contributed by atoms with van der Waals surface area (Å²) in [7, 11) is 0.799. The molecule has 2 aliphatic heterocycles. The number of nitrogens with one attached hydrogen (secondary N) is 5. The van der Waals surface area contributed by atoms with E-state index in [9.17, 15) is 60.3 Å². The van der Waals surface area contributed by atoms with Gasteiger partial charge in [-0.15, -0.1) is 13.2 Å². The predicted octanol–water partition coefficient (Wildman–Crippen LogP) is 5.85. The number of carboxylic acid groups (broad SMARTS) is 1. The van der Waals surface area contributed by atoms with Gasteiger partial charge in [0, 0.05) is 99.3 Å². The molecular weight excluding hydrogens is 1400 g/mol. The number of likely N-dealkylation sites (tertiary alicyclic amines) is 2. The molecule has 4 aliphatic carbocycles. The lowest BCUT2D eigenvalue weighted by Gasteiger charge is -2.35. The Balaban J connectivity index is 0.000000245. The van der Waals surface area contributed by atoms with Crippen LogP contribution in [0, 0.1) is 36.5 Å². The minimum atomic E-state index is -4.17. The number of aromatic nitrogens is 2. The van der Waals surface area contributed by atoms with Gasteiger partial charge in [-0.25, -0.2) is 24.2 Å². The predicted molar refractivity (Wildman–Crippen MR) is 389 cm³/mol. The summed E-state index contributed by atoms with van der Waals surface area (Å²) in [5, 5.41) is 27.0. The van der Waals surface area contributed by atoms with Crippen molar-refractivity contribution in [3.63, 3.8) is 0 Å². The molecular formula is C72H102N12O19S2. The average Bonchev–Trinajstić information content (AvgIpc) is 1.60. The van der Waals surface area contributed by atoms with Crippen LogP contribution in [0.4, 0.5) is 9.59 Å². The van der Waals surface area contributed by atoms with E-state index >= 15 is 0 Å². The lowest BCUT2D eigenvalue weighted by atomic mass is 9.85. The molecule has 8 N–H and O–H groups in total. The van der Waals surface area contributed by atoms with Gasteiger partial charge in [0.1, 0.15) is 82.7 Å². The van der Waals surface area contributed by atoms with Crippen LogP contribution in [0.1, 0.15) is 130 Å². The van der Waals surface area contributed by atoms with Crippen molar-refractivity contribution in [2.24, 2.45) is 27.8 Å². The fourth-order valence-corrected chi connectivity index (χ4v) is 14.2. The van der Waals surface area contributed by atoms with Crippen molar-refractivity contribution in [3.05, 3.63) is 85.2 Å². The van der Waals surface area contributed by atoms with Crippen LogP contribution in [0.15, 0.2) is 74.1 Å². The van der Waals surface area contributed by atoms with Crippen LogP contribution in [0.3, 0.4) is 0 Å². The number of nitrogens with zero attached hydrogens (tertiary/aromatic N) is 6. The van der Waals surface area contributed by atoms with E-state index in [1.165, 1.54) is 50.1 Å². The molecule has 2 unspecified atom stereocenters. The number of ether oxygens (including phenoxy) is 6. The van der Waals surface area contributed by atoms with Gasteiger partial charge in [0.25, 0.3) is 16.1 Å². The molecule has 4 saturated carbocycles. The van der Waals surface area contributed by atoms with Crippen molar-refractivity contribution in [2.75, 3.05) is 55.5 Å². The number of amides is 7. The van der Waals surface area contributed by atoms with E-state index in [1.54, 1.807) is 71.6 Å². The first-order chi connectivity index (χ1) is 49.1. The largest absolute Gasteiger partial charge is 0.496 e. The molecule has 7 amide bonds. The van der Waals surface area contributed by atoms with Gasteiger partial charge in [-0.2, -0.15) is 25.4 Å². The van der Waals surface area contributed by atoms with E-state index in [0.29, 0.717) is 39.4 Å². The number of methoxy groups -OCH3 is 2. The molecule has 10 rings (SSSR count). The minimum absolute atomic E-state index is 0.0192. The second kappa shape index (κ2) is 32.8. The number of hydrogen-bond acceptors (Lipinski definition) is 20. The van der Waals surface area contributed by atoms with E-state index in [0.717, 1.165) is 76.5 Å². The highest BCUT2D eigenvalue weighted by Gasteiger charge is 2.63. The molecule has 2 aromatic carbocycles. The summed E-state index contributed by atoms with van der Waals surface area (Å²) < 4.78 is 84.4. The first-order valence-corrected chi connectivity index (χ1v) is 37.9. The summed E-state index contributed by atoms with van der Waals surface area (Å²) in [5.74, 6) is -3.36. The maximum Gasteiger partial charge on any atom is 0.408 e. The van der Waals surface area contributed by atoms with Gasteiger partial charge < -0.3 is 64.6 Å². The molecule has 2 saturated heterocycles. The minimum Gasteiger partial charge on any atom is -0.496 e. The van der Waals surface area contributed by atoms with Crippen molar-refractivity contribution in [1.29, 1.82) is 0 Å². The molecule has 0 spiro atoms. The van der Waals surface area contributed by atoms with Crippen LogP contribution in [-0.2, 0) is 58.7 Å². The first kappa shape index (κ1) is 81.7. The number of hydrogen-bond donors (Lipinski definition) is 7. The Morgan fingerprint density at radius 3 is 1.31 bits per heavy atom. The topological polar surface area (TPSA) is 405 Å². The van der Waals surface area contributed by atoms with Gasteiger partial charge >= 0.3 is 28.4 Å². The molecule has 4 heterocycles. The summed E-state index contributed by atoms with van der Waals surface area (Å²) in [5.41, 5.74) is -1.61. The number of nitrogens with two attached hydrogens (primary N) is 1. The zero-order valence-corrected chi connectivity index (χ0v) is 63.9. The van der Waals surface area contributed by atoms with Gasteiger partial charge in [-0.1, -0.05) is 53.7 Å². The second-order valence-electron chi connectivity index (χ2n) is 30.0. The number of alkyl carbamates (subject to hydrolysis) is 2. The van der Waals surface area contributed by atoms with E-state index in [1.807, 2.05) is 51.5 Å². The summed E-state index contributed by atoms with van der Waals surface area (Å²) >= 11 is 0. The summed E-state index contributed by atoms with van der Waals surface area (Å²) in [6.07, 6.45) is 10.5. The first-order valence-electron chi connectivity index (χ1n) is 35.0. The lowest BCUT2D eigenvalue weighted by molar-refractivity contribution is -0.146. The number of aliphatic carboxylic acids is 1. The van der Waals surface area contributed by atoms with Gasteiger partial charge in [0.15, 0.2) is 0 Å². The number of carbonyl (C=O) groups is 8. The molecule has 0 radical (unpaired) electrons. The highest BCUT2D eigenvalue weighted by molar-refractivity contribution is 7.87. The number of rotatable bonds is 23. The van der Waals surface area contributed by atoms with Crippen LogP contribution in [0.25, 0.3) is 21.8 Å². The molecule has 0 bridgehead atoms. The Bertz CT molecular complexity index is 4190. The van der Waals surface area contributed by atoms with Crippen LogP contribution < -0.4 is 50.1 Å². The van der Waals surface area contributed by atoms with Crippen LogP contribution in [-0.4, -0.2) is 213 Å². The second-order valence-corrected chi connectivity index (χ2v) is 33.7. The van der Waals surface area contributed by atoms with Crippen molar-refractivity contribution in [2.45, 2.75) is 192 Å². The van der Waals surface area contributed by atoms with Gasteiger partial charge in [0.05, 0.1) is 38.3 Å². The Morgan fingerprint density at radius 1 is 0.619 bits per heavy atom. The molecule has 33 heteroatoms. The van der Waals surface area contributed by atoms with E-state index < -0.39 is 138 Å². The third-order valence-electron chi connectivity index (χ3n) is 20.0. The SMILES string of the molecule is C=CC1C[C@]1(NC(=O)[C@@H]1C[C@@H](Oc2cc(OC)c(C)c3ncccc23)CN1C(=O)[C@@H](NC(=O)OC1CCCC1)C(C)(C)C)C(=O)NS(=O)(=O)N(C)C.C=CC1C[C@]1(NC(=O)[C@@H]1C[C@@H](Oc2cc(OC)c(C)c3ncccc23)CN1C(=O)[C@@H](NC(=O)OC1CCCC1)C(C)(C)C)C(=O)O.CN(C)S(N)(=O)=O. The third-order valence-corrected chi connectivity index (χ3v) is 22.5. The molecule has 105 heavy (non-hydrogen) atoms. The normalized spacial score (nSPS) is 23.7. The Morgan fingerprint density at radius 2 is 0.990 bits per heavy atom. The Hall–Kier alpha value is -8.92. The third kappa shape index (κ3) is 19.0. The number of aryl methyl sites for hydroxylation is 2. The highest BCUT2D eigenvalue weighted by atomic mass is 32.2. The zero-order chi connectivity index (χ0) is 77.6.